The fourth-order valence-corrected chi connectivity index (χ4v) is 2.69. The number of hydrogen-bond acceptors (Lipinski definition) is 4. The lowest BCUT2D eigenvalue weighted by Gasteiger charge is -2.15. The Balaban J connectivity index is 1.86. The zero-order valence-electron chi connectivity index (χ0n) is 12.7. The zero-order chi connectivity index (χ0) is 16.2. The summed E-state index contributed by atoms with van der Waals surface area (Å²) in [6.45, 7) is 0. The third-order valence-electron chi connectivity index (χ3n) is 3.83. The molecule has 0 saturated heterocycles. The Labute approximate surface area is 133 Å². The summed E-state index contributed by atoms with van der Waals surface area (Å²) in [6, 6.07) is 14.6. The molecule has 0 aliphatic carbocycles. The molecule has 5 nitrogen and oxygen atoms in total. The van der Waals surface area contributed by atoms with Gasteiger partial charge in [0.1, 0.15) is 0 Å². The van der Waals surface area contributed by atoms with E-state index in [1.807, 2.05) is 30.3 Å². The first-order valence-corrected chi connectivity index (χ1v) is 7.40. The number of aromatic amines is 1. The number of fused-ring (bicyclic) bond motifs is 1. The van der Waals surface area contributed by atoms with E-state index < -0.39 is 0 Å². The number of carbonyl (C=O) groups is 1. The standard InChI is InChI=1S/C18H17N3O2/c1-19-17(13-5-3-2-4-6-13)16(22)10-12-7-8-14-15(9-12)20-11-21-18(14)23/h2-9,11,17,19H,10H2,1H3,(H,20,21,23). The van der Waals surface area contributed by atoms with Crippen molar-refractivity contribution in [1.29, 1.82) is 0 Å². The Morgan fingerprint density at radius 1 is 1.22 bits per heavy atom. The lowest BCUT2D eigenvalue weighted by molar-refractivity contribution is -0.120. The first-order chi connectivity index (χ1) is 11.2. The molecule has 0 fully saturated rings. The van der Waals surface area contributed by atoms with Gasteiger partial charge in [0, 0.05) is 6.42 Å². The maximum Gasteiger partial charge on any atom is 0.258 e. The van der Waals surface area contributed by atoms with Gasteiger partial charge in [0.2, 0.25) is 0 Å². The first kappa shape index (κ1) is 15.1. The number of rotatable bonds is 5. The number of aromatic nitrogens is 2. The van der Waals surface area contributed by atoms with E-state index in [0.29, 0.717) is 10.9 Å². The van der Waals surface area contributed by atoms with Gasteiger partial charge in [-0.2, -0.15) is 0 Å². The number of benzene rings is 2. The summed E-state index contributed by atoms with van der Waals surface area (Å²) in [4.78, 5) is 31.0. The van der Waals surface area contributed by atoms with E-state index in [2.05, 4.69) is 15.3 Å². The molecule has 0 amide bonds. The van der Waals surface area contributed by atoms with Gasteiger partial charge in [-0.3, -0.25) is 9.59 Å². The molecule has 0 radical (unpaired) electrons. The molecule has 1 aromatic heterocycles. The average Bonchev–Trinajstić information content (AvgIpc) is 2.56. The summed E-state index contributed by atoms with van der Waals surface area (Å²) in [7, 11) is 1.77. The molecule has 1 heterocycles. The molecule has 0 bridgehead atoms. The van der Waals surface area contributed by atoms with Crippen molar-refractivity contribution in [3.63, 3.8) is 0 Å². The number of carbonyl (C=O) groups excluding carboxylic acids is 1. The first-order valence-electron chi connectivity index (χ1n) is 7.40. The number of nitrogens with zero attached hydrogens (tertiary/aromatic N) is 1. The van der Waals surface area contributed by atoms with Crippen LogP contribution in [0.1, 0.15) is 17.2 Å². The second kappa shape index (κ2) is 6.54. The number of nitrogens with one attached hydrogen (secondary N) is 2. The van der Waals surface area contributed by atoms with Crippen LogP contribution in [0.3, 0.4) is 0 Å². The van der Waals surface area contributed by atoms with Crippen molar-refractivity contribution < 1.29 is 4.79 Å². The number of ketones is 1. The molecule has 1 atom stereocenters. The van der Waals surface area contributed by atoms with Crippen LogP contribution in [0, 0.1) is 0 Å². The third kappa shape index (κ3) is 3.19. The van der Waals surface area contributed by atoms with E-state index in [4.69, 9.17) is 0 Å². The van der Waals surface area contributed by atoms with Crippen LogP contribution in [0.2, 0.25) is 0 Å². The molecule has 23 heavy (non-hydrogen) atoms. The zero-order valence-corrected chi connectivity index (χ0v) is 12.7. The molecular formula is C18H17N3O2. The Hall–Kier alpha value is -2.79. The third-order valence-corrected chi connectivity index (χ3v) is 3.83. The van der Waals surface area contributed by atoms with Gasteiger partial charge >= 0.3 is 0 Å². The summed E-state index contributed by atoms with van der Waals surface area (Å²) in [5, 5.41) is 3.59. The molecule has 1 unspecified atom stereocenters. The van der Waals surface area contributed by atoms with Crippen LogP contribution in [-0.4, -0.2) is 22.8 Å². The van der Waals surface area contributed by atoms with Crippen LogP contribution >= 0.6 is 0 Å². The summed E-state index contributed by atoms with van der Waals surface area (Å²) in [6.07, 6.45) is 1.65. The van der Waals surface area contributed by atoms with Gasteiger partial charge in [-0.1, -0.05) is 36.4 Å². The Kier molecular flexibility index (Phi) is 4.30. The lowest BCUT2D eigenvalue weighted by Crippen LogP contribution is -2.26. The van der Waals surface area contributed by atoms with Crippen molar-refractivity contribution in [3.05, 3.63) is 76.3 Å². The van der Waals surface area contributed by atoms with Crippen molar-refractivity contribution in [2.24, 2.45) is 0 Å². The molecular weight excluding hydrogens is 290 g/mol. The van der Waals surface area contributed by atoms with Crippen molar-refractivity contribution in [1.82, 2.24) is 15.3 Å². The van der Waals surface area contributed by atoms with Crippen LogP contribution in [0.4, 0.5) is 0 Å². The predicted octanol–water partition coefficient (Wildman–Crippen LogP) is 2.00. The maximum atomic E-state index is 12.6. The molecule has 0 aliphatic heterocycles. The summed E-state index contributed by atoms with van der Waals surface area (Å²) < 4.78 is 0. The Morgan fingerprint density at radius 2 is 2.00 bits per heavy atom. The molecule has 0 saturated carbocycles. The largest absolute Gasteiger partial charge is 0.313 e. The van der Waals surface area contributed by atoms with Crippen LogP contribution < -0.4 is 10.9 Å². The minimum absolute atomic E-state index is 0.0721. The van der Waals surface area contributed by atoms with Gasteiger partial charge in [-0.15, -0.1) is 0 Å². The van der Waals surface area contributed by atoms with Gasteiger partial charge < -0.3 is 10.3 Å². The van der Waals surface area contributed by atoms with Crippen molar-refractivity contribution in [2.45, 2.75) is 12.5 Å². The fourth-order valence-electron chi connectivity index (χ4n) is 2.69. The molecule has 0 spiro atoms. The number of H-pyrrole nitrogens is 1. The highest BCUT2D eigenvalue weighted by atomic mass is 16.1. The second-order valence-corrected chi connectivity index (χ2v) is 5.36. The normalized spacial score (nSPS) is 12.2. The highest BCUT2D eigenvalue weighted by Gasteiger charge is 2.18. The molecule has 3 rings (SSSR count). The molecule has 3 aromatic rings. The maximum absolute atomic E-state index is 12.6. The van der Waals surface area contributed by atoms with Gasteiger partial charge in [-0.05, 0) is 30.3 Å². The Bertz CT molecular complexity index is 887. The quantitative estimate of drug-likeness (QED) is 0.756. The van der Waals surface area contributed by atoms with E-state index >= 15 is 0 Å². The molecule has 5 heteroatoms. The van der Waals surface area contributed by atoms with Crippen molar-refractivity contribution >= 4 is 16.7 Å². The van der Waals surface area contributed by atoms with Crippen LogP contribution in [0.5, 0.6) is 0 Å². The van der Waals surface area contributed by atoms with Gasteiger partial charge in [0.15, 0.2) is 5.78 Å². The minimum atomic E-state index is -0.348. The van der Waals surface area contributed by atoms with Crippen LogP contribution in [-0.2, 0) is 11.2 Å². The summed E-state index contributed by atoms with van der Waals surface area (Å²) >= 11 is 0. The topological polar surface area (TPSA) is 74.8 Å². The highest BCUT2D eigenvalue weighted by Crippen LogP contribution is 2.17. The lowest BCUT2D eigenvalue weighted by atomic mass is 9.97. The van der Waals surface area contributed by atoms with Crippen LogP contribution in [0.25, 0.3) is 10.9 Å². The van der Waals surface area contributed by atoms with E-state index in [0.717, 1.165) is 11.1 Å². The van der Waals surface area contributed by atoms with E-state index in [-0.39, 0.29) is 23.8 Å². The predicted molar refractivity (Wildman–Crippen MR) is 89.3 cm³/mol. The second-order valence-electron chi connectivity index (χ2n) is 5.36. The minimum Gasteiger partial charge on any atom is -0.313 e. The van der Waals surface area contributed by atoms with Crippen molar-refractivity contribution in [3.8, 4) is 0 Å². The summed E-state index contributed by atoms with van der Waals surface area (Å²) in [5.41, 5.74) is 2.21. The number of hydrogen-bond donors (Lipinski definition) is 2. The molecule has 2 N–H and O–H groups in total. The Morgan fingerprint density at radius 3 is 2.74 bits per heavy atom. The average molecular weight is 307 g/mol. The van der Waals surface area contributed by atoms with Gasteiger partial charge in [-0.25, -0.2) is 4.98 Å². The molecule has 116 valence electrons. The van der Waals surface area contributed by atoms with E-state index in [9.17, 15) is 9.59 Å². The fraction of sp³-hybridized carbons (Fsp3) is 0.167. The van der Waals surface area contributed by atoms with Gasteiger partial charge in [0.05, 0.1) is 23.3 Å². The van der Waals surface area contributed by atoms with Crippen LogP contribution in [0.15, 0.2) is 59.7 Å². The van der Waals surface area contributed by atoms with Crippen molar-refractivity contribution in [2.75, 3.05) is 7.05 Å². The SMILES string of the molecule is CNC(C(=O)Cc1ccc2c(=O)[nH]cnc2c1)c1ccccc1. The highest BCUT2D eigenvalue weighted by molar-refractivity contribution is 5.88. The summed E-state index contributed by atoms with van der Waals surface area (Å²) in [5.74, 6) is 0.0721. The molecule has 0 aliphatic rings. The van der Waals surface area contributed by atoms with E-state index in [1.165, 1.54) is 6.33 Å². The van der Waals surface area contributed by atoms with Gasteiger partial charge in [0.25, 0.3) is 5.56 Å². The number of likely N-dealkylation sites (N-methyl/N-ethyl adjacent to an activating group) is 1. The molecule has 2 aromatic carbocycles. The van der Waals surface area contributed by atoms with E-state index in [1.54, 1.807) is 25.2 Å². The number of Topliss-reactive ketones (excluding diaryl/α,β-unsaturated/α-hetero) is 1. The monoisotopic (exact) mass is 307 g/mol. The smallest absolute Gasteiger partial charge is 0.258 e.